The van der Waals surface area contributed by atoms with Crippen LogP contribution >= 0.6 is 0 Å². The summed E-state index contributed by atoms with van der Waals surface area (Å²) in [6.07, 6.45) is 9.90. The first-order chi connectivity index (χ1) is 6.29. The van der Waals surface area contributed by atoms with Gasteiger partial charge in [-0.05, 0) is 12.8 Å². The molecule has 1 heterocycles. The molecule has 2 atom stereocenters. The summed E-state index contributed by atoms with van der Waals surface area (Å²) in [6.45, 7) is 0.916. The van der Waals surface area contributed by atoms with E-state index in [2.05, 4.69) is 12.2 Å². The van der Waals surface area contributed by atoms with Crippen molar-refractivity contribution in [3.63, 3.8) is 0 Å². The first-order valence-electron chi connectivity index (χ1n) is 4.61. The molecule has 2 aliphatic rings. The van der Waals surface area contributed by atoms with Crippen molar-refractivity contribution < 1.29 is 9.90 Å². The molecule has 1 aliphatic carbocycles. The molecule has 0 unspecified atom stereocenters. The van der Waals surface area contributed by atoms with E-state index in [9.17, 15) is 4.79 Å². The van der Waals surface area contributed by atoms with Gasteiger partial charge in [0, 0.05) is 12.6 Å². The van der Waals surface area contributed by atoms with Crippen LogP contribution in [0, 0.1) is 0 Å². The number of allylic oxidation sites excluding steroid dienone is 2. The van der Waals surface area contributed by atoms with E-state index in [-0.39, 0.29) is 6.04 Å². The summed E-state index contributed by atoms with van der Waals surface area (Å²) < 4.78 is 0. The molecule has 1 fully saturated rings. The van der Waals surface area contributed by atoms with Gasteiger partial charge in [-0.2, -0.15) is 0 Å². The lowest BCUT2D eigenvalue weighted by atomic mass is 9.96. The number of nitrogens with zero attached hydrogens (tertiary/aromatic N) is 1. The van der Waals surface area contributed by atoms with Gasteiger partial charge in [0.05, 0.1) is 0 Å². The highest BCUT2D eigenvalue weighted by molar-refractivity contribution is 5.74. The summed E-state index contributed by atoms with van der Waals surface area (Å²) in [5.41, 5.74) is 0. The Morgan fingerprint density at radius 2 is 2.31 bits per heavy atom. The van der Waals surface area contributed by atoms with Crippen molar-refractivity contribution in [2.45, 2.75) is 24.9 Å². The van der Waals surface area contributed by atoms with Crippen molar-refractivity contribution in [1.82, 2.24) is 4.90 Å². The van der Waals surface area contributed by atoms with Crippen LogP contribution in [0.1, 0.15) is 12.8 Å². The van der Waals surface area contributed by atoms with Crippen LogP contribution in [-0.2, 0) is 4.79 Å². The number of hydrogen-bond acceptors (Lipinski definition) is 2. The van der Waals surface area contributed by atoms with E-state index in [1.165, 1.54) is 0 Å². The molecular weight excluding hydrogens is 166 g/mol. The Bertz CT molecular complexity index is 270. The second-order valence-corrected chi connectivity index (χ2v) is 3.50. The van der Waals surface area contributed by atoms with Gasteiger partial charge in [0.2, 0.25) is 0 Å². The molecule has 0 amide bonds. The molecule has 0 bridgehead atoms. The van der Waals surface area contributed by atoms with Gasteiger partial charge >= 0.3 is 5.97 Å². The predicted octanol–water partition coefficient (Wildman–Crippen LogP) is 1.03. The quantitative estimate of drug-likeness (QED) is 0.688. The molecule has 0 aromatic heterocycles. The molecule has 0 aromatic rings. The van der Waals surface area contributed by atoms with E-state index < -0.39 is 5.97 Å². The summed E-state index contributed by atoms with van der Waals surface area (Å²) >= 11 is 0. The third-order valence-electron chi connectivity index (χ3n) is 2.73. The molecule has 3 heteroatoms. The Balaban J connectivity index is 1.98. The van der Waals surface area contributed by atoms with Crippen molar-refractivity contribution in [2.24, 2.45) is 0 Å². The smallest absolute Gasteiger partial charge is 0.320 e. The average Bonchev–Trinajstić information content (AvgIpc) is 2.02. The van der Waals surface area contributed by atoms with Gasteiger partial charge < -0.3 is 5.11 Å². The van der Waals surface area contributed by atoms with E-state index in [4.69, 9.17) is 5.11 Å². The highest BCUT2D eigenvalue weighted by atomic mass is 16.4. The lowest BCUT2D eigenvalue weighted by Gasteiger charge is -2.42. The largest absolute Gasteiger partial charge is 0.480 e. The number of carboxylic acid groups (broad SMARTS) is 1. The molecule has 1 saturated heterocycles. The Morgan fingerprint density at radius 3 is 2.77 bits per heavy atom. The summed E-state index contributed by atoms with van der Waals surface area (Å²) in [4.78, 5) is 12.8. The first-order valence-corrected chi connectivity index (χ1v) is 4.61. The number of aliphatic carboxylic acids is 1. The van der Waals surface area contributed by atoms with Gasteiger partial charge in [0.1, 0.15) is 6.04 Å². The van der Waals surface area contributed by atoms with Crippen LogP contribution < -0.4 is 0 Å². The van der Waals surface area contributed by atoms with Gasteiger partial charge in [-0.1, -0.05) is 24.3 Å². The van der Waals surface area contributed by atoms with Crippen LogP contribution in [-0.4, -0.2) is 34.6 Å². The van der Waals surface area contributed by atoms with Crippen molar-refractivity contribution in [3.8, 4) is 0 Å². The average molecular weight is 179 g/mol. The van der Waals surface area contributed by atoms with Crippen molar-refractivity contribution in [3.05, 3.63) is 24.3 Å². The zero-order valence-corrected chi connectivity index (χ0v) is 7.39. The van der Waals surface area contributed by atoms with Crippen LogP contribution in [0.25, 0.3) is 0 Å². The van der Waals surface area contributed by atoms with Gasteiger partial charge in [-0.25, -0.2) is 0 Å². The molecule has 0 aromatic carbocycles. The second kappa shape index (κ2) is 3.34. The molecule has 3 nitrogen and oxygen atoms in total. The normalized spacial score (nSPS) is 32.9. The minimum atomic E-state index is -0.686. The molecule has 70 valence electrons. The predicted molar refractivity (Wildman–Crippen MR) is 49.4 cm³/mol. The van der Waals surface area contributed by atoms with Gasteiger partial charge in [-0.15, -0.1) is 0 Å². The Hall–Kier alpha value is -1.09. The van der Waals surface area contributed by atoms with E-state index in [0.717, 1.165) is 19.4 Å². The second-order valence-electron chi connectivity index (χ2n) is 3.50. The molecule has 0 radical (unpaired) electrons. The van der Waals surface area contributed by atoms with E-state index in [0.29, 0.717) is 6.04 Å². The highest BCUT2D eigenvalue weighted by Gasteiger charge is 2.37. The lowest BCUT2D eigenvalue weighted by molar-refractivity contribution is -0.149. The minimum absolute atomic E-state index is 0.249. The van der Waals surface area contributed by atoms with E-state index in [1.54, 1.807) is 0 Å². The third kappa shape index (κ3) is 1.52. The van der Waals surface area contributed by atoms with Crippen LogP contribution in [0.2, 0.25) is 0 Å². The Kier molecular flexibility index (Phi) is 2.19. The number of rotatable bonds is 2. The molecular formula is C10H13NO2. The van der Waals surface area contributed by atoms with Crippen LogP contribution in [0.3, 0.4) is 0 Å². The zero-order valence-electron chi connectivity index (χ0n) is 7.39. The van der Waals surface area contributed by atoms with Crippen molar-refractivity contribution in [1.29, 1.82) is 0 Å². The standard InChI is InChI=1S/C10H13NO2/c12-10(13)9-6-7-11(9)8-4-2-1-3-5-8/h1-4,8-9H,5-7H2,(H,12,13)/t8-,9-/m1/s1. The van der Waals surface area contributed by atoms with Crippen LogP contribution in [0.5, 0.6) is 0 Å². The van der Waals surface area contributed by atoms with E-state index in [1.807, 2.05) is 17.1 Å². The van der Waals surface area contributed by atoms with Crippen molar-refractivity contribution >= 4 is 5.97 Å². The number of hydrogen-bond donors (Lipinski definition) is 1. The highest BCUT2D eigenvalue weighted by Crippen LogP contribution is 2.24. The number of carboxylic acids is 1. The van der Waals surface area contributed by atoms with Gasteiger partial charge in [0.25, 0.3) is 0 Å². The fraction of sp³-hybridized carbons (Fsp3) is 0.500. The summed E-state index contributed by atoms with van der Waals surface area (Å²) in [5, 5.41) is 8.85. The molecule has 2 rings (SSSR count). The molecule has 0 spiro atoms. The minimum Gasteiger partial charge on any atom is -0.480 e. The molecule has 1 N–H and O–H groups in total. The molecule has 0 saturated carbocycles. The Labute approximate surface area is 77.3 Å². The topological polar surface area (TPSA) is 40.5 Å². The van der Waals surface area contributed by atoms with E-state index >= 15 is 0 Å². The maximum absolute atomic E-state index is 10.8. The summed E-state index contributed by atoms with van der Waals surface area (Å²) in [7, 11) is 0. The SMILES string of the molecule is O=C(O)[C@H]1CCN1[C@@H]1C=CC=CC1. The molecule has 1 aliphatic heterocycles. The van der Waals surface area contributed by atoms with Crippen LogP contribution in [0.4, 0.5) is 0 Å². The third-order valence-corrected chi connectivity index (χ3v) is 2.73. The fourth-order valence-corrected chi connectivity index (χ4v) is 1.88. The fourth-order valence-electron chi connectivity index (χ4n) is 1.88. The zero-order chi connectivity index (χ0) is 9.26. The summed E-state index contributed by atoms with van der Waals surface area (Å²) in [6, 6.07) is 0.0565. The van der Waals surface area contributed by atoms with Gasteiger partial charge in [-0.3, -0.25) is 9.69 Å². The monoisotopic (exact) mass is 179 g/mol. The van der Waals surface area contributed by atoms with Gasteiger partial charge in [0.15, 0.2) is 0 Å². The first kappa shape index (κ1) is 8.51. The number of carbonyl (C=O) groups is 1. The van der Waals surface area contributed by atoms with Crippen molar-refractivity contribution in [2.75, 3.05) is 6.54 Å². The number of likely N-dealkylation sites (tertiary alicyclic amines) is 1. The summed E-state index contributed by atoms with van der Waals surface area (Å²) in [5.74, 6) is -0.686. The molecule has 13 heavy (non-hydrogen) atoms. The maximum Gasteiger partial charge on any atom is 0.320 e. The Morgan fingerprint density at radius 1 is 1.46 bits per heavy atom. The maximum atomic E-state index is 10.8. The lowest BCUT2D eigenvalue weighted by Crippen LogP contribution is -2.56. The van der Waals surface area contributed by atoms with Crippen LogP contribution in [0.15, 0.2) is 24.3 Å².